The molecule has 2 aromatic rings. The summed E-state index contributed by atoms with van der Waals surface area (Å²) >= 11 is 0. The third-order valence-corrected chi connectivity index (χ3v) is 4.32. The van der Waals surface area contributed by atoms with Crippen molar-refractivity contribution in [3.63, 3.8) is 0 Å². The molecule has 0 heterocycles. The molecule has 2 amide bonds. The number of hydrogen-bond donors (Lipinski definition) is 2. The van der Waals surface area contributed by atoms with Crippen LogP contribution in [0, 0.1) is 5.92 Å². The Bertz CT molecular complexity index is 787. The van der Waals surface area contributed by atoms with Crippen molar-refractivity contribution >= 4 is 17.5 Å². The average molecular weight is 368 g/mol. The Kier molecular flexibility index (Phi) is 7.41. The van der Waals surface area contributed by atoms with Gasteiger partial charge in [0, 0.05) is 5.69 Å². The van der Waals surface area contributed by atoms with Crippen molar-refractivity contribution in [3.8, 4) is 5.75 Å². The van der Waals surface area contributed by atoms with E-state index in [4.69, 9.17) is 4.74 Å². The molecule has 144 valence electrons. The first kappa shape index (κ1) is 20.5. The summed E-state index contributed by atoms with van der Waals surface area (Å²) in [4.78, 5) is 25.6. The van der Waals surface area contributed by atoms with Crippen LogP contribution in [0.2, 0.25) is 0 Å². The molecule has 0 aromatic heterocycles. The lowest BCUT2D eigenvalue weighted by molar-refractivity contribution is -0.118. The van der Waals surface area contributed by atoms with Gasteiger partial charge in [-0.15, -0.1) is 0 Å². The Morgan fingerprint density at radius 3 is 2.33 bits per heavy atom. The van der Waals surface area contributed by atoms with Crippen molar-refractivity contribution in [2.75, 3.05) is 11.9 Å². The van der Waals surface area contributed by atoms with Crippen LogP contribution in [0.15, 0.2) is 48.5 Å². The Hall–Kier alpha value is -2.82. The lowest BCUT2D eigenvalue weighted by atomic mass is 10.0. The summed E-state index contributed by atoms with van der Waals surface area (Å²) in [5, 5.41) is 5.81. The third kappa shape index (κ3) is 5.33. The van der Waals surface area contributed by atoms with Crippen molar-refractivity contribution in [2.45, 2.75) is 40.2 Å². The molecule has 0 radical (unpaired) electrons. The second-order valence-corrected chi connectivity index (χ2v) is 6.62. The molecule has 1 atom stereocenters. The third-order valence-electron chi connectivity index (χ3n) is 4.32. The van der Waals surface area contributed by atoms with E-state index in [0.717, 1.165) is 17.7 Å². The highest BCUT2D eigenvalue weighted by atomic mass is 16.5. The van der Waals surface area contributed by atoms with Gasteiger partial charge in [0.1, 0.15) is 11.8 Å². The number of hydrogen-bond acceptors (Lipinski definition) is 3. The van der Waals surface area contributed by atoms with Gasteiger partial charge in [0.05, 0.1) is 12.2 Å². The number of benzene rings is 2. The van der Waals surface area contributed by atoms with Crippen LogP contribution in [-0.4, -0.2) is 24.5 Å². The molecular formula is C22H28N2O3. The highest BCUT2D eigenvalue weighted by molar-refractivity contribution is 6.02. The lowest BCUT2D eigenvalue weighted by Gasteiger charge is -2.23. The first-order chi connectivity index (χ1) is 13.0. The zero-order valence-electron chi connectivity index (χ0n) is 16.4. The van der Waals surface area contributed by atoms with Crippen molar-refractivity contribution in [3.05, 3.63) is 59.7 Å². The van der Waals surface area contributed by atoms with Crippen LogP contribution in [0.25, 0.3) is 0 Å². The van der Waals surface area contributed by atoms with Crippen LogP contribution < -0.4 is 15.4 Å². The van der Waals surface area contributed by atoms with Gasteiger partial charge in [0.2, 0.25) is 5.91 Å². The van der Waals surface area contributed by atoms with Crippen molar-refractivity contribution < 1.29 is 14.3 Å². The topological polar surface area (TPSA) is 67.4 Å². The molecule has 0 saturated carbocycles. The van der Waals surface area contributed by atoms with Gasteiger partial charge in [-0.3, -0.25) is 9.59 Å². The summed E-state index contributed by atoms with van der Waals surface area (Å²) in [5.74, 6) is -0.108. The van der Waals surface area contributed by atoms with E-state index in [1.807, 2.05) is 58.0 Å². The predicted octanol–water partition coefficient (Wildman–Crippen LogP) is 4.04. The number of nitrogens with one attached hydrogen (secondary N) is 2. The van der Waals surface area contributed by atoms with Crippen LogP contribution in [0.5, 0.6) is 5.75 Å². The van der Waals surface area contributed by atoms with E-state index in [9.17, 15) is 9.59 Å². The molecule has 5 nitrogen and oxygen atoms in total. The standard InChI is InChI=1S/C22H28N2O3/c1-5-16-11-7-9-13-18(16)23-22(26)20(15(3)4)24-21(25)17-12-8-10-14-19(17)27-6-2/h7-15,20H,5-6H2,1-4H3,(H,23,26)(H,24,25)/t20-/m0/s1. The summed E-state index contributed by atoms with van der Waals surface area (Å²) in [5.41, 5.74) is 2.26. The highest BCUT2D eigenvalue weighted by Gasteiger charge is 2.26. The van der Waals surface area contributed by atoms with Gasteiger partial charge >= 0.3 is 0 Å². The molecule has 0 aliphatic heterocycles. The normalized spacial score (nSPS) is 11.7. The van der Waals surface area contributed by atoms with Crippen LogP contribution in [0.4, 0.5) is 5.69 Å². The fourth-order valence-corrected chi connectivity index (χ4v) is 2.85. The average Bonchev–Trinajstić information content (AvgIpc) is 2.66. The Morgan fingerprint density at radius 2 is 1.67 bits per heavy atom. The number of carbonyl (C=O) groups excluding carboxylic acids is 2. The van der Waals surface area contributed by atoms with Gasteiger partial charge in [-0.2, -0.15) is 0 Å². The Morgan fingerprint density at radius 1 is 1.00 bits per heavy atom. The van der Waals surface area contributed by atoms with Crippen LogP contribution in [0.1, 0.15) is 43.6 Å². The van der Waals surface area contributed by atoms with Crippen LogP contribution in [0.3, 0.4) is 0 Å². The molecule has 5 heteroatoms. The first-order valence-electron chi connectivity index (χ1n) is 9.39. The van der Waals surface area contributed by atoms with Crippen LogP contribution in [-0.2, 0) is 11.2 Å². The second kappa shape index (κ2) is 9.76. The van der Waals surface area contributed by atoms with Crippen molar-refractivity contribution in [2.24, 2.45) is 5.92 Å². The van der Waals surface area contributed by atoms with Crippen molar-refractivity contribution in [1.82, 2.24) is 5.32 Å². The fourth-order valence-electron chi connectivity index (χ4n) is 2.85. The van der Waals surface area contributed by atoms with E-state index >= 15 is 0 Å². The fraction of sp³-hybridized carbons (Fsp3) is 0.364. The second-order valence-electron chi connectivity index (χ2n) is 6.62. The van der Waals surface area contributed by atoms with E-state index in [1.54, 1.807) is 18.2 Å². The molecule has 2 N–H and O–H groups in total. The van der Waals surface area contributed by atoms with Gasteiger partial charge in [0.25, 0.3) is 5.91 Å². The summed E-state index contributed by atoms with van der Waals surface area (Å²) < 4.78 is 5.53. The number of ether oxygens (including phenoxy) is 1. The molecule has 0 fully saturated rings. The molecule has 0 unspecified atom stereocenters. The maximum Gasteiger partial charge on any atom is 0.255 e. The zero-order valence-corrected chi connectivity index (χ0v) is 16.4. The number of rotatable bonds is 8. The monoisotopic (exact) mass is 368 g/mol. The number of amides is 2. The van der Waals surface area contributed by atoms with E-state index < -0.39 is 6.04 Å². The number of carbonyl (C=O) groups is 2. The maximum absolute atomic E-state index is 12.8. The zero-order chi connectivity index (χ0) is 19.8. The van der Waals surface area contributed by atoms with E-state index in [-0.39, 0.29) is 17.7 Å². The maximum atomic E-state index is 12.8. The van der Waals surface area contributed by atoms with Crippen molar-refractivity contribution in [1.29, 1.82) is 0 Å². The number of aryl methyl sites for hydroxylation is 1. The van der Waals surface area contributed by atoms with E-state index in [1.165, 1.54) is 0 Å². The van der Waals surface area contributed by atoms with Gasteiger partial charge in [-0.1, -0.05) is 51.1 Å². The quantitative estimate of drug-likeness (QED) is 0.739. The van der Waals surface area contributed by atoms with Gasteiger partial charge in [0.15, 0.2) is 0 Å². The molecule has 0 aliphatic rings. The lowest BCUT2D eigenvalue weighted by Crippen LogP contribution is -2.47. The van der Waals surface area contributed by atoms with Gasteiger partial charge in [-0.25, -0.2) is 0 Å². The van der Waals surface area contributed by atoms with Crippen LogP contribution >= 0.6 is 0 Å². The molecular weight excluding hydrogens is 340 g/mol. The minimum absolute atomic E-state index is 0.0676. The molecule has 0 aliphatic carbocycles. The van der Waals surface area contributed by atoms with E-state index in [2.05, 4.69) is 10.6 Å². The smallest absolute Gasteiger partial charge is 0.255 e. The summed E-state index contributed by atoms with van der Waals surface area (Å²) in [7, 11) is 0. The number of para-hydroxylation sites is 2. The molecule has 0 saturated heterocycles. The summed E-state index contributed by atoms with van der Waals surface area (Å²) in [6.07, 6.45) is 0.816. The summed E-state index contributed by atoms with van der Waals surface area (Å²) in [6, 6.07) is 14.1. The minimum atomic E-state index is -0.655. The molecule has 2 rings (SSSR count). The highest BCUT2D eigenvalue weighted by Crippen LogP contribution is 2.20. The van der Waals surface area contributed by atoms with Gasteiger partial charge in [-0.05, 0) is 43.0 Å². The molecule has 27 heavy (non-hydrogen) atoms. The predicted molar refractivity (Wildman–Crippen MR) is 108 cm³/mol. The first-order valence-corrected chi connectivity index (χ1v) is 9.39. The van der Waals surface area contributed by atoms with E-state index in [0.29, 0.717) is 17.9 Å². The SMILES string of the molecule is CCOc1ccccc1C(=O)N[C@H](C(=O)Nc1ccccc1CC)C(C)C. The number of anilines is 1. The molecule has 0 spiro atoms. The molecule has 2 aromatic carbocycles. The van der Waals surface area contributed by atoms with Gasteiger partial charge < -0.3 is 15.4 Å². The Labute approximate surface area is 161 Å². The molecule has 0 bridgehead atoms. The largest absolute Gasteiger partial charge is 0.493 e. The Balaban J connectivity index is 2.18. The minimum Gasteiger partial charge on any atom is -0.493 e. The summed E-state index contributed by atoms with van der Waals surface area (Å²) in [6.45, 7) is 8.18.